The van der Waals surface area contributed by atoms with E-state index in [4.69, 9.17) is 10.6 Å². The highest BCUT2D eigenvalue weighted by atomic mass is 16.5. The second-order valence-corrected chi connectivity index (χ2v) is 4.76. The van der Waals surface area contributed by atoms with E-state index < -0.39 is 0 Å². The van der Waals surface area contributed by atoms with Crippen LogP contribution in [0.25, 0.3) is 0 Å². The maximum atomic E-state index is 5.80. The Kier molecular flexibility index (Phi) is 5.07. The van der Waals surface area contributed by atoms with E-state index in [0.717, 1.165) is 50.6 Å². The first-order chi connectivity index (χ1) is 9.26. The van der Waals surface area contributed by atoms with Gasteiger partial charge in [0.15, 0.2) is 5.82 Å². The minimum absolute atomic E-state index is 0.0566. The topological polar surface area (TPSA) is 76.3 Å². The molecule has 6 nitrogen and oxygen atoms in total. The summed E-state index contributed by atoms with van der Waals surface area (Å²) in [5.41, 5.74) is 3.58. The summed E-state index contributed by atoms with van der Waals surface area (Å²) in [6.45, 7) is 7.92. The quantitative estimate of drug-likeness (QED) is 0.613. The lowest BCUT2D eigenvalue weighted by molar-refractivity contribution is -0.0342. The normalized spacial score (nSPS) is 20.5. The maximum absolute atomic E-state index is 5.80. The molecule has 0 amide bonds. The number of nitrogen functional groups attached to an aromatic ring is 1. The number of anilines is 1. The van der Waals surface area contributed by atoms with Gasteiger partial charge in [0.1, 0.15) is 11.9 Å². The van der Waals surface area contributed by atoms with E-state index in [1.807, 2.05) is 6.07 Å². The summed E-state index contributed by atoms with van der Waals surface area (Å²) in [6, 6.07) is 1.87. The number of hydrogen-bond donors (Lipinski definition) is 2. The monoisotopic (exact) mass is 265 g/mol. The molecule has 1 aromatic rings. The van der Waals surface area contributed by atoms with Crippen LogP contribution in [0.3, 0.4) is 0 Å². The van der Waals surface area contributed by atoms with Crippen molar-refractivity contribution >= 4 is 5.82 Å². The number of ether oxygens (including phenoxy) is 1. The van der Waals surface area contributed by atoms with E-state index in [1.54, 1.807) is 0 Å². The van der Waals surface area contributed by atoms with Crippen molar-refractivity contribution in [1.29, 1.82) is 0 Å². The van der Waals surface area contributed by atoms with Crippen LogP contribution in [0, 0.1) is 0 Å². The van der Waals surface area contributed by atoms with Crippen LogP contribution in [0.15, 0.2) is 6.07 Å². The molecule has 6 heteroatoms. The molecule has 1 atom stereocenters. The van der Waals surface area contributed by atoms with Crippen LogP contribution < -0.4 is 11.3 Å². The minimum Gasteiger partial charge on any atom is -0.368 e. The predicted octanol–water partition coefficient (Wildman–Crippen LogP) is 1.11. The number of nitrogens with one attached hydrogen (secondary N) is 1. The van der Waals surface area contributed by atoms with Crippen molar-refractivity contribution in [3.8, 4) is 0 Å². The van der Waals surface area contributed by atoms with Crippen molar-refractivity contribution in [3.05, 3.63) is 17.6 Å². The molecule has 0 aromatic carbocycles. The summed E-state index contributed by atoms with van der Waals surface area (Å²) in [6.07, 6.45) is 1.95. The fourth-order valence-corrected chi connectivity index (χ4v) is 2.30. The standard InChI is InChI=1S/C13H23N5O/c1-3-5-18-6-7-19-11(9-18)13-15-10(4-2)8-12(16-13)17-14/h8,11H,3-7,9,14H2,1-2H3,(H,15,16,17). The zero-order valence-electron chi connectivity index (χ0n) is 11.7. The molecule has 1 aliphatic heterocycles. The molecule has 0 bridgehead atoms. The lowest BCUT2D eigenvalue weighted by atomic mass is 10.2. The number of rotatable bonds is 5. The third kappa shape index (κ3) is 3.62. The highest BCUT2D eigenvalue weighted by Crippen LogP contribution is 2.21. The van der Waals surface area contributed by atoms with Crippen LogP contribution >= 0.6 is 0 Å². The second-order valence-electron chi connectivity index (χ2n) is 4.76. The van der Waals surface area contributed by atoms with Crippen molar-refractivity contribution in [2.75, 3.05) is 31.7 Å². The number of nitrogens with two attached hydrogens (primary N) is 1. The molecule has 3 N–H and O–H groups in total. The first-order valence-corrected chi connectivity index (χ1v) is 6.95. The molecule has 0 spiro atoms. The molecule has 0 aliphatic carbocycles. The summed E-state index contributed by atoms with van der Waals surface area (Å²) in [5.74, 6) is 6.84. The molecule has 1 saturated heterocycles. The molecule has 19 heavy (non-hydrogen) atoms. The Morgan fingerprint density at radius 3 is 3.00 bits per heavy atom. The zero-order chi connectivity index (χ0) is 13.7. The van der Waals surface area contributed by atoms with E-state index in [9.17, 15) is 0 Å². The zero-order valence-corrected chi connectivity index (χ0v) is 11.7. The summed E-state index contributed by atoms with van der Waals surface area (Å²) in [7, 11) is 0. The lowest BCUT2D eigenvalue weighted by Crippen LogP contribution is -2.39. The molecular formula is C13H23N5O. The molecule has 0 radical (unpaired) electrons. The Balaban J connectivity index is 2.15. The maximum Gasteiger partial charge on any atom is 0.161 e. The first-order valence-electron chi connectivity index (χ1n) is 6.95. The van der Waals surface area contributed by atoms with Crippen LogP contribution in [0.5, 0.6) is 0 Å². The molecule has 1 aromatic heterocycles. The number of morpholine rings is 1. The Morgan fingerprint density at radius 2 is 2.32 bits per heavy atom. The molecule has 106 valence electrons. The van der Waals surface area contributed by atoms with E-state index in [2.05, 4.69) is 34.1 Å². The van der Waals surface area contributed by atoms with Gasteiger partial charge in [-0.2, -0.15) is 0 Å². The SMILES string of the molecule is CCCN1CCOC(c2nc(CC)cc(NN)n2)C1. The third-order valence-electron chi connectivity index (χ3n) is 3.28. The number of hydrogen-bond acceptors (Lipinski definition) is 6. The lowest BCUT2D eigenvalue weighted by Gasteiger charge is -2.32. The van der Waals surface area contributed by atoms with Crippen molar-refractivity contribution in [2.24, 2.45) is 5.84 Å². The van der Waals surface area contributed by atoms with Crippen LogP contribution in [0.4, 0.5) is 5.82 Å². The van der Waals surface area contributed by atoms with Gasteiger partial charge in [0.2, 0.25) is 0 Å². The van der Waals surface area contributed by atoms with Crippen molar-refractivity contribution in [2.45, 2.75) is 32.8 Å². The van der Waals surface area contributed by atoms with E-state index >= 15 is 0 Å². The van der Waals surface area contributed by atoms with Gasteiger partial charge >= 0.3 is 0 Å². The average Bonchev–Trinajstić information content (AvgIpc) is 2.47. The Hall–Kier alpha value is -1.24. The number of hydrazine groups is 1. The van der Waals surface area contributed by atoms with Gasteiger partial charge in [-0.1, -0.05) is 13.8 Å². The summed E-state index contributed by atoms with van der Waals surface area (Å²) in [4.78, 5) is 11.4. The van der Waals surface area contributed by atoms with Gasteiger partial charge in [0.05, 0.1) is 6.61 Å². The smallest absolute Gasteiger partial charge is 0.161 e. The Morgan fingerprint density at radius 1 is 1.47 bits per heavy atom. The Bertz CT molecular complexity index is 388. The predicted molar refractivity (Wildman–Crippen MR) is 74.6 cm³/mol. The third-order valence-corrected chi connectivity index (χ3v) is 3.28. The first kappa shape index (κ1) is 14.2. The molecule has 1 aliphatic rings. The van der Waals surface area contributed by atoms with Gasteiger partial charge in [-0.05, 0) is 19.4 Å². The molecule has 1 unspecified atom stereocenters. The van der Waals surface area contributed by atoms with Gasteiger partial charge in [-0.25, -0.2) is 15.8 Å². The van der Waals surface area contributed by atoms with Gasteiger partial charge in [-0.3, -0.25) is 4.90 Å². The van der Waals surface area contributed by atoms with Crippen LogP contribution in [-0.2, 0) is 11.2 Å². The van der Waals surface area contributed by atoms with Crippen LogP contribution in [0.2, 0.25) is 0 Å². The molecule has 2 heterocycles. The molecule has 0 saturated carbocycles. The average molecular weight is 265 g/mol. The largest absolute Gasteiger partial charge is 0.368 e. The number of nitrogens with zero attached hydrogens (tertiary/aromatic N) is 3. The molecule has 1 fully saturated rings. The number of aromatic nitrogens is 2. The van der Waals surface area contributed by atoms with Gasteiger partial charge in [-0.15, -0.1) is 0 Å². The second kappa shape index (κ2) is 6.79. The van der Waals surface area contributed by atoms with Gasteiger partial charge in [0.25, 0.3) is 0 Å². The highest BCUT2D eigenvalue weighted by molar-refractivity contribution is 5.34. The fraction of sp³-hybridized carbons (Fsp3) is 0.692. The van der Waals surface area contributed by atoms with Gasteiger partial charge in [0, 0.05) is 24.8 Å². The Labute approximate surface area is 114 Å². The summed E-state index contributed by atoms with van der Waals surface area (Å²) >= 11 is 0. The van der Waals surface area contributed by atoms with Crippen molar-refractivity contribution in [1.82, 2.24) is 14.9 Å². The van der Waals surface area contributed by atoms with Crippen molar-refractivity contribution in [3.63, 3.8) is 0 Å². The minimum atomic E-state index is -0.0566. The summed E-state index contributed by atoms with van der Waals surface area (Å²) < 4.78 is 5.80. The van der Waals surface area contributed by atoms with Crippen molar-refractivity contribution < 1.29 is 4.74 Å². The highest BCUT2D eigenvalue weighted by Gasteiger charge is 2.24. The van der Waals surface area contributed by atoms with Gasteiger partial charge < -0.3 is 10.2 Å². The van der Waals surface area contributed by atoms with E-state index in [1.165, 1.54) is 0 Å². The van der Waals surface area contributed by atoms with Crippen LogP contribution in [0.1, 0.15) is 37.9 Å². The van der Waals surface area contributed by atoms with E-state index in [0.29, 0.717) is 5.82 Å². The van der Waals surface area contributed by atoms with Crippen LogP contribution in [-0.4, -0.2) is 41.1 Å². The summed E-state index contributed by atoms with van der Waals surface area (Å²) in [5, 5.41) is 0. The molecule has 2 rings (SSSR count). The fourth-order valence-electron chi connectivity index (χ4n) is 2.30. The molecular weight excluding hydrogens is 242 g/mol. The number of aryl methyl sites for hydroxylation is 1. The van der Waals surface area contributed by atoms with E-state index in [-0.39, 0.29) is 6.10 Å².